The van der Waals surface area contributed by atoms with Gasteiger partial charge in [0, 0.05) is 12.8 Å². The minimum atomic E-state index is -0.848. The normalized spacial score (nSPS) is 11.4. The summed E-state index contributed by atoms with van der Waals surface area (Å²) in [4.78, 5) is 11.2. The number of carbonyl (C=O) groups is 1. The number of hydrogen-bond acceptors (Lipinski definition) is 4. The second-order valence-electron chi connectivity index (χ2n) is 5.59. The predicted octanol–water partition coefficient (Wildman–Crippen LogP) is 5.14. The minimum absolute atomic E-state index is 0.00456. The summed E-state index contributed by atoms with van der Waals surface area (Å²) in [5.41, 5.74) is 2.01. The molecular formula is C22H30N2O3. The summed E-state index contributed by atoms with van der Waals surface area (Å²) in [5, 5.41) is 15.3. The SMILES string of the molecule is C/C=N\N(CC)C(CC(=O)O)c1ccc(OCc2ccccc2)cc1.CC. The highest BCUT2D eigenvalue weighted by atomic mass is 16.5. The van der Waals surface area contributed by atoms with Gasteiger partial charge in [-0.05, 0) is 37.1 Å². The molecule has 1 N–H and O–H groups in total. The number of benzene rings is 2. The number of carboxylic acid groups (broad SMARTS) is 1. The zero-order chi connectivity index (χ0) is 20.1. The molecule has 0 saturated heterocycles. The topological polar surface area (TPSA) is 62.1 Å². The van der Waals surface area contributed by atoms with E-state index in [0.717, 1.165) is 16.9 Å². The summed E-state index contributed by atoms with van der Waals surface area (Å²) in [5.74, 6) is -0.0946. The Hall–Kier alpha value is -2.82. The van der Waals surface area contributed by atoms with Gasteiger partial charge in [-0.2, -0.15) is 5.10 Å². The number of carboxylic acids is 1. The van der Waals surface area contributed by atoms with E-state index in [4.69, 9.17) is 4.74 Å². The Morgan fingerprint density at radius 2 is 1.78 bits per heavy atom. The van der Waals surface area contributed by atoms with E-state index in [0.29, 0.717) is 13.2 Å². The molecule has 5 heteroatoms. The predicted molar refractivity (Wildman–Crippen MR) is 110 cm³/mol. The molecule has 1 unspecified atom stereocenters. The van der Waals surface area contributed by atoms with Gasteiger partial charge in [0.15, 0.2) is 0 Å². The maximum absolute atomic E-state index is 11.2. The average molecular weight is 370 g/mol. The summed E-state index contributed by atoms with van der Waals surface area (Å²) in [7, 11) is 0. The molecule has 1 atom stereocenters. The van der Waals surface area contributed by atoms with Gasteiger partial charge in [-0.25, -0.2) is 0 Å². The van der Waals surface area contributed by atoms with E-state index in [9.17, 15) is 9.90 Å². The Kier molecular flexibility index (Phi) is 10.3. The molecule has 27 heavy (non-hydrogen) atoms. The fourth-order valence-corrected chi connectivity index (χ4v) is 2.62. The van der Waals surface area contributed by atoms with Crippen molar-refractivity contribution in [1.82, 2.24) is 5.01 Å². The van der Waals surface area contributed by atoms with Crippen LogP contribution >= 0.6 is 0 Å². The molecule has 0 bridgehead atoms. The standard InChI is InChI=1S/C20H24N2O3.C2H6/c1-3-21-22(4-2)19(14-20(23)24)17-10-12-18(13-11-17)25-15-16-8-6-5-7-9-16;1-2/h3,5-13,19H,4,14-15H2,1-2H3,(H,23,24);1-2H3/b21-3-;. The zero-order valence-electron chi connectivity index (χ0n) is 16.6. The van der Waals surface area contributed by atoms with E-state index in [2.05, 4.69) is 5.10 Å². The van der Waals surface area contributed by atoms with Crippen molar-refractivity contribution in [2.75, 3.05) is 6.54 Å². The van der Waals surface area contributed by atoms with Crippen molar-refractivity contribution < 1.29 is 14.6 Å². The highest BCUT2D eigenvalue weighted by Gasteiger charge is 2.21. The quantitative estimate of drug-likeness (QED) is 0.491. The van der Waals surface area contributed by atoms with Crippen molar-refractivity contribution in [1.29, 1.82) is 0 Å². The van der Waals surface area contributed by atoms with Gasteiger partial charge in [0.1, 0.15) is 12.4 Å². The lowest BCUT2D eigenvalue weighted by Crippen LogP contribution is -2.26. The van der Waals surface area contributed by atoms with Crippen LogP contribution in [0.3, 0.4) is 0 Å². The van der Waals surface area contributed by atoms with Crippen LogP contribution in [0.5, 0.6) is 5.75 Å². The molecule has 0 radical (unpaired) electrons. The molecule has 0 saturated carbocycles. The molecule has 0 aliphatic heterocycles. The summed E-state index contributed by atoms with van der Waals surface area (Å²) in [6.45, 7) is 8.91. The van der Waals surface area contributed by atoms with Crippen LogP contribution < -0.4 is 4.74 Å². The van der Waals surface area contributed by atoms with Crippen LogP contribution in [0.1, 0.15) is 51.3 Å². The first kappa shape index (κ1) is 22.2. The molecule has 5 nitrogen and oxygen atoms in total. The van der Waals surface area contributed by atoms with Crippen LogP contribution in [0.4, 0.5) is 0 Å². The molecule has 146 valence electrons. The van der Waals surface area contributed by atoms with Crippen LogP contribution in [0.15, 0.2) is 59.7 Å². The average Bonchev–Trinajstić information content (AvgIpc) is 2.71. The number of rotatable bonds is 9. The smallest absolute Gasteiger partial charge is 0.305 e. The third kappa shape index (κ3) is 7.52. The molecular weight excluding hydrogens is 340 g/mol. The third-order valence-corrected chi connectivity index (χ3v) is 3.83. The molecule has 0 heterocycles. The molecule has 0 fully saturated rings. The van der Waals surface area contributed by atoms with Crippen molar-refractivity contribution in [2.24, 2.45) is 5.10 Å². The van der Waals surface area contributed by atoms with Gasteiger partial charge in [0.2, 0.25) is 0 Å². The van der Waals surface area contributed by atoms with Crippen LogP contribution in [0, 0.1) is 0 Å². The number of hydrogen-bond donors (Lipinski definition) is 1. The first-order valence-electron chi connectivity index (χ1n) is 9.37. The first-order chi connectivity index (χ1) is 13.1. The van der Waals surface area contributed by atoms with Crippen LogP contribution in [0.2, 0.25) is 0 Å². The van der Waals surface area contributed by atoms with Crippen LogP contribution in [-0.2, 0) is 11.4 Å². The maximum atomic E-state index is 11.2. The molecule has 0 spiro atoms. The van der Waals surface area contributed by atoms with Gasteiger partial charge in [-0.3, -0.25) is 9.80 Å². The third-order valence-electron chi connectivity index (χ3n) is 3.83. The van der Waals surface area contributed by atoms with Gasteiger partial charge in [0.05, 0.1) is 12.5 Å². The number of aliphatic carboxylic acids is 1. The van der Waals surface area contributed by atoms with Gasteiger partial charge in [-0.1, -0.05) is 56.3 Å². The van der Waals surface area contributed by atoms with Gasteiger partial charge < -0.3 is 9.84 Å². The molecule has 0 amide bonds. The first-order valence-corrected chi connectivity index (χ1v) is 9.37. The lowest BCUT2D eigenvalue weighted by molar-refractivity contribution is -0.138. The lowest BCUT2D eigenvalue weighted by atomic mass is 10.0. The number of nitrogens with zero attached hydrogens (tertiary/aromatic N) is 2. The van der Waals surface area contributed by atoms with Crippen molar-refractivity contribution in [3.63, 3.8) is 0 Å². The fraction of sp³-hybridized carbons (Fsp3) is 0.364. The molecule has 2 rings (SSSR count). The Morgan fingerprint density at radius 3 is 2.30 bits per heavy atom. The van der Waals surface area contributed by atoms with E-state index in [-0.39, 0.29) is 12.5 Å². The highest BCUT2D eigenvalue weighted by Crippen LogP contribution is 2.26. The van der Waals surface area contributed by atoms with Gasteiger partial charge in [-0.15, -0.1) is 0 Å². The Morgan fingerprint density at radius 1 is 1.15 bits per heavy atom. The number of ether oxygens (including phenoxy) is 1. The summed E-state index contributed by atoms with van der Waals surface area (Å²) in [6.07, 6.45) is 1.67. The monoisotopic (exact) mass is 370 g/mol. The summed E-state index contributed by atoms with van der Waals surface area (Å²) in [6, 6.07) is 17.2. The zero-order valence-corrected chi connectivity index (χ0v) is 16.6. The molecule has 0 aliphatic carbocycles. The maximum Gasteiger partial charge on any atom is 0.305 e. The molecule has 2 aromatic rings. The Bertz CT molecular complexity index is 684. The molecule has 0 aliphatic rings. The highest BCUT2D eigenvalue weighted by molar-refractivity contribution is 5.68. The van der Waals surface area contributed by atoms with E-state index >= 15 is 0 Å². The van der Waals surface area contributed by atoms with E-state index in [1.54, 1.807) is 11.2 Å². The van der Waals surface area contributed by atoms with Gasteiger partial charge in [0.25, 0.3) is 0 Å². The van der Waals surface area contributed by atoms with E-state index in [1.165, 1.54) is 0 Å². The molecule has 0 aromatic heterocycles. The lowest BCUT2D eigenvalue weighted by Gasteiger charge is -2.27. The van der Waals surface area contributed by atoms with E-state index < -0.39 is 5.97 Å². The van der Waals surface area contributed by atoms with Crippen molar-refractivity contribution in [2.45, 2.75) is 46.8 Å². The minimum Gasteiger partial charge on any atom is -0.489 e. The fourth-order valence-electron chi connectivity index (χ4n) is 2.62. The Labute approximate surface area is 162 Å². The van der Waals surface area contributed by atoms with Crippen LogP contribution in [0.25, 0.3) is 0 Å². The van der Waals surface area contributed by atoms with Crippen LogP contribution in [-0.4, -0.2) is 28.8 Å². The Balaban J connectivity index is 0.00000176. The van der Waals surface area contributed by atoms with Crippen molar-refractivity contribution >= 4 is 12.2 Å². The molecule has 2 aromatic carbocycles. The van der Waals surface area contributed by atoms with Crippen molar-refractivity contribution in [3.05, 3.63) is 65.7 Å². The summed E-state index contributed by atoms with van der Waals surface area (Å²) < 4.78 is 5.78. The largest absolute Gasteiger partial charge is 0.489 e. The second-order valence-corrected chi connectivity index (χ2v) is 5.59. The summed E-state index contributed by atoms with van der Waals surface area (Å²) >= 11 is 0. The number of hydrazone groups is 1. The van der Waals surface area contributed by atoms with Crippen molar-refractivity contribution in [3.8, 4) is 5.75 Å². The van der Waals surface area contributed by atoms with Gasteiger partial charge >= 0.3 is 5.97 Å². The second kappa shape index (κ2) is 12.5. The van der Waals surface area contributed by atoms with E-state index in [1.807, 2.05) is 82.3 Å².